The van der Waals surface area contributed by atoms with Crippen LogP contribution in [0, 0.1) is 0 Å². The fourth-order valence-corrected chi connectivity index (χ4v) is 3.99. The van der Waals surface area contributed by atoms with Gasteiger partial charge in [0.15, 0.2) is 0 Å². The molecule has 2 fully saturated rings. The van der Waals surface area contributed by atoms with Crippen LogP contribution in [0.1, 0.15) is 30.6 Å². The molecule has 2 amide bonds. The number of hydrogen-bond acceptors (Lipinski definition) is 3. The minimum absolute atomic E-state index is 0.110. The summed E-state index contributed by atoms with van der Waals surface area (Å²) < 4.78 is 26.3. The van der Waals surface area contributed by atoms with Gasteiger partial charge in [0.05, 0.1) is 0 Å². The number of carbonyl (C=O) groups excluding carboxylic acids is 1. The first kappa shape index (κ1) is 16.6. The number of carbonyl (C=O) groups is 1. The lowest BCUT2D eigenvalue weighted by molar-refractivity contribution is -0.0472. The lowest BCUT2D eigenvalue weighted by atomic mass is 10.1. The van der Waals surface area contributed by atoms with E-state index < -0.39 is 5.92 Å². The van der Waals surface area contributed by atoms with Crippen LogP contribution in [0.5, 0.6) is 0 Å². The minimum atomic E-state index is -2.61. The number of urea groups is 1. The van der Waals surface area contributed by atoms with Crippen molar-refractivity contribution in [3.63, 3.8) is 0 Å². The van der Waals surface area contributed by atoms with Crippen molar-refractivity contribution in [2.24, 2.45) is 0 Å². The second-order valence-electron chi connectivity index (χ2n) is 6.45. The summed E-state index contributed by atoms with van der Waals surface area (Å²) in [6, 6.07) is 4.10. The lowest BCUT2D eigenvalue weighted by Gasteiger charge is -2.36. The number of piperidine rings is 2. The quantitative estimate of drug-likeness (QED) is 0.915. The number of likely N-dealkylation sites (tertiary alicyclic amines) is 2. The SMILES string of the molecule is O=C(NC1CCCN(Cc2cccs2)C1)N1CCC(F)(F)CC1. The smallest absolute Gasteiger partial charge is 0.317 e. The Morgan fingerprint density at radius 3 is 2.83 bits per heavy atom. The maximum atomic E-state index is 13.2. The van der Waals surface area contributed by atoms with Crippen molar-refractivity contribution in [1.29, 1.82) is 0 Å². The molecule has 1 aromatic heterocycles. The molecule has 4 nitrogen and oxygen atoms in total. The molecular weight excluding hydrogens is 320 g/mol. The van der Waals surface area contributed by atoms with Gasteiger partial charge in [-0.2, -0.15) is 0 Å². The topological polar surface area (TPSA) is 35.6 Å². The van der Waals surface area contributed by atoms with E-state index in [1.54, 1.807) is 11.3 Å². The highest BCUT2D eigenvalue weighted by molar-refractivity contribution is 7.09. The van der Waals surface area contributed by atoms with E-state index >= 15 is 0 Å². The predicted molar refractivity (Wildman–Crippen MR) is 86.9 cm³/mol. The Bertz CT molecular complexity index is 513. The third-order valence-corrected chi connectivity index (χ3v) is 5.44. The summed E-state index contributed by atoms with van der Waals surface area (Å²) in [7, 11) is 0. The molecule has 0 spiro atoms. The molecule has 2 saturated heterocycles. The largest absolute Gasteiger partial charge is 0.334 e. The summed E-state index contributed by atoms with van der Waals surface area (Å²) >= 11 is 1.75. The Morgan fingerprint density at radius 2 is 2.13 bits per heavy atom. The molecule has 1 atom stereocenters. The van der Waals surface area contributed by atoms with Crippen molar-refractivity contribution in [2.75, 3.05) is 26.2 Å². The predicted octanol–water partition coefficient (Wildman–Crippen LogP) is 3.15. The van der Waals surface area contributed by atoms with Crippen LogP contribution in [0.3, 0.4) is 0 Å². The van der Waals surface area contributed by atoms with Gasteiger partial charge in [-0.25, -0.2) is 13.6 Å². The van der Waals surface area contributed by atoms with Gasteiger partial charge in [-0.15, -0.1) is 11.3 Å². The third kappa shape index (κ3) is 4.64. The van der Waals surface area contributed by atoms with Gasteiger partial charge in [0.2, 0.25) is 0 Å². The van der Waals surface area contributed by atoms with E-state index in [-0.39, 0.29) is 38.0 Å². The van der Waals surface area contributed by atoms with Crippen LogP contribution in [0.25, 0.3) is 0 Å². The van der Waals surface area contributed by atoms with Crippen molar-refractivity contribution in [3.8, 4) is 0 Å². The molecule has 0 radical (unpaired) electrons. The Hall–Kier alpha value is -1.21. The number of alkyl halides is 2. The number of rotatable bonds is 3. The van der Waals surface area contributed by atoms with E-state index in [1.807, 2.05) is 0 Å². The summed E-state index contributed by atoms with van der Waals surface area (Å²) in [6.07, 6.45) is 1.55. The van der Waals surface area contributed by atoms with Crippen LogP contribution in [-0.2, 0) is 6.54 Å². The van der Waals surface area contributed by atoms with Crippen molar-refractivity contribution in [3.05, 3.63) is 22.4 Å². The number of amides is 2. The van der Waals surface area contributed by atoms with E-state index in [2.05, 4.69) is 27.7 Å². The Balaban J connectivity index is 1.46. The summed E-state index contributed by atoms with van der Waals surface area (Å²) in [5, 5.41) is 5.10. The van der Waals surface area contributed by atoms with Crippen molar-refractivity contribution in [1.82, 2.24) is 15.1 Å². The first-order valence-electron chi connectivity index (χ1n) is 8.20. The molecule has 128 valence electrons. The van der Waals surface area contributed by atoms with E-state index in [0.29, 0.717) is 0 Å². The highest BCUT2D eigenvalue weighted by atomic mass is 32.1. The van der Waals surface area contributed by atoms with E-state index in [4.69, 9.17) is 0 Å². The molecule has 3 heterocycles. The Kier molecular flexibility index (Phi) is 5.16. The molecular formula is C16H23F2N3OS. The van der Waals surface area contributed by atoms with Crippen molar-refractivity contribution < 1.29 is 13.6 Å². The van der Waals surface area contributed by atoms with Gasteiger partial charge in [-0.05, 0) is 30.8 Å². The number of halogens is 2. The second kappa shape index (κ2) is 7.13. The number of thiophene rings is 1. The monoisotopic (exact) mass is 343 g/mol. The molecule has 2 aliphatic heterocycles. The summed E-state index contributed by atoms with van der Waals surface area (Å²) in [5.41, 5.74) is 0. The third-order valence-electron chi connectivity index (χ3n) is 4.57. The Labute approximate surface area is 139 Å². The van der Waals surface area contributed by atoms with Gasteiger partial charge in [-0.3, -0.25) is 4.90 Å². The van der Waals surface area contributed by atoms with E-state index in [9.17, 15) is 13.6 Å². The lowest BCUT2D eigenvalue weighted by Crippen LogP contribution is -2.53. The van der Waals surface area contributed by atoms with Crippen LogP contribution >= 0.6 is 11.3 Å². The summed E-state index contributed by atoms with van der Waals surface area (Å²) in [6.45, 7) is 3.07. The van der Waals surface area contributed by atoms with Crippen LogP contribution in [0.4, 0.5) is 13.6 Å². The molecule has 23 heavy (non-hydrogen) atoms. The Morgan fingerprint density at radius 1 is 1.35 bits per heavy atom. The normalized spacial score (nSPS) is 25.3. The van der Waals surface area contributed by atoms with Gasteiger partial charge in [-0.1, -0.05) is 6.07 Å². The van der Waals surface area contributed by atoms with E-state index in [0.717, 1.165) is 32.5 Å². The molecule has 1 N–H and O–H groups in total. The molecule has 0 saturated carbocycles. The maximum Gasteiger partial charge on any atom is 0.317 e. The molecule has 0 aliphatic carbocycles. The summed E-state index contributed by atoms with van der Waals surface area (Å²) in [4.78, 5) is 17.5. The van der Waals surface area contributed by atoms with Crippen LogP contribution < -0.4 is 5.32 Å². The average molecular weight is 343 g/mol. The highest BCUT2D eigenvalue weighted by Gasteiger charge is 2.36. The molecule has 1 aromatic rings. The second-order valence-corrected chi connectivity index (χ2v) is 7.48. The first-order chi connectivity index (χ1) is 11.0. The fraction of sp³-hybridized carbons (Fsp3) is 0.688. The molecule has 3 rings (SSSR count). The van der Waals surface area contributed by atoms with E-state index in [1.165, 1.54) is 9.78 Å². The standard InChI is InChI=1S/C16H23F2N3OS/c17-16(18)5-8-21(9-6-16)15(22)19-13-3-1-7-20(11-13)12-14-4-2-10-23-14/h2,4,10,13H,1,3,5-9,11-12H2,(H,19,22). The zero-order valence-electron chi connectivity index (χ0n) is 13.1. The van der Waals surface area contributed by atoms with Crippen molar-refractivity contribution >= 4 is 17.4 Å². The van der Waals surface area contributed by atoms with Gasteiger partial charge >= 0.3 is 6.03 Å². The minimum Gasteiger partial charge on any atom is -0.334 e. The number of hydrogen-bond donors (Lipinski definition) is 1. The first-order valence-corrected chi connectivity index (χ1v) is 9.08. The van der Waals surface area contributed by atoms with Gasteiger partial charge < -0.3 is 10.2 Å². The van der Waals surface area contributed by atoms with Crippen LogP contribution in [0.2, 0.25) is 0 Å². The average Bonchev–Trinajstić information content (AvgIpc) is 3.00. The number of nitrogens with zero attached hydrogens (tertiary/aromatic N) is 2. The van der Waals surface area contributed by atoms with Crippen molar-refractivity contribution in [2.45, 2.75) is 44.2 Å². The highest BCUT2D eigenvalue weighted by Crippen LogP contribution is 2.27. The molecule has 0 bridgehead atoms. The fourth-order valence-electron chi connectivity index (χ4n) is 3.24. The molecule has 7 heteroatoms. The van der Waals surface area contributed by atoms with Gasteiger partial charge in [0, 0.05) is 49.9 Å². The molecule has 2 aliphatic rings. The molecule has 1 unspecified atom stereocenters. The zero-order valence-corrected chi connectivity index (χ0v) is 14.0. The number of nitrogens with one attached hydrogen (secondary N) is 1. The van der Waals surface area contributed by atoms with Gasteiger partial charge in [0.25, 0.3) is 5.92 Å². The van der Waals surface area contributed by atoms with Crippen LogP contribution in [0.15, 0.2) is 17.5 Å². The summed E-state index contributed by atoms with van der Waals surface area (Å²) in [5.74, 6) is -2.61. The molecule has 0 aromatic carbocycles. The maximum absolute atomic E-state index is 13.2. The van der Waals surface area contributed by atoms with Crippen LogP contribution in [-0.4, -0.2) is 54.0 Å². The van der Waals surface area contributed by atoms with Gasteiger partial charge in [0.1, 0.15) is 0 Å². The zero-order chi connectivity index (χ0) is 16.3.